The summed E-state index contributed by atoms with van der Waals surface area (Å²) in [6, 6.07) is 6.42. The van der Waals surface area contributed by atoms with E-state index < -0.39 is 20.0 Å². The largest absolute Gasteiger partial charge is 0.240 e. The normalized spacial score (nSPS) is 18.8. The number of piperidine rings is 1. The maximum Gasteiger partial charge on any atom is 0.240 e. The Kier molecular flexibility index (Phi) is 4.72. The Morgan fingerprint density at radius 3 is 2.05 bits per heavy atom. The number of nitrogens with one attached hydrogen (secondary N) is 1. The fraction of sp³-hybridized carbons (Fsp3) is 0.538. The first-order valence-corrected chi connectivity index (χ1v) is 10.1. The fourth-order valence-electron chi connectivity index (χ4n) is 2.31. The molecule has 1 aromatic carbocycles. The molecule has 1 heterocycles. The molecular weight excluding hydrogens is 312 g/mol. The van der Waals surface area contributed by atoms with Gasteiger partial charge in [-0.25, -0.2) is 25.9 Å². The molecule has 0 saturated carbocycles. The van der Waals surface area contributed by atoms with Crippen LogP contribution in [0.25, 0.3) is 0 Å². The molecule has 8 heteroatoms. The lowest BCUT2D eigenvalue weighted by Gasteiger charge is -2.30. The zero-order chi connectivity index (χ0) is 15.7. The molecule has 1 aromatic rings. The van der Waals surface area contributed by atoms with Crippen LogP contribution in [0.5, 0.6) is 0 Å². The number of hydrogen-bond acceptors (Lipinski definition) is 4. The van der Waals surface area contributed by atoms with Crippen molar-refractivity contribution in [2.75, 3.05) is 19.3 Å². The number of hydrogen-bond donors (Lipinski definition) is 1. The molecule has 0 aliphatic carbocycles. The van der Waals surface area contributed by atoms with Crippen molar-refractivity contribution in [2.24, 2.45) is 0 Å². The van der Waals surface area contributed by atoms with Gasteiger partial charge in [0.25, 0.3) is 0 Å². The van der Waals surface area contributed by atoms with E-state index >= 15 is 0 Å². The molecule has 2 rings (SSSR count). The second kappa shape index (κ2) is 6.04. The first-order chi connectivity index (χ1) is 9.68. The number of rotatable bonds is 4. The van der Waals surface area contributed by atoms with Gasteiger partial charge in [-0.2, -0.15) is 0 Å². The van der Waals surface area contributed by atoms with Gasteiger partial charge in [-0.1, -0.05) is 17.7 Å². The molecule has 1 saturated heterocycles. The average Bonchev–Trinajstić information content (AvgIpc) is 2.38. The van der Waals surface area contributed by atoms with E-state index in [-0.39, 0.29) is 10.9 Å². The average molecular weight is 332 g/mol. The lowest BCUT2D eigenvalue weighted by atomic mass is 10.1. The first-order valence-electron chi connectivity index (χ1n) is 6.72. The van der Waals surface area contributed by atoms with E-state index in [9.17, 15) is 16.8 Å². The van der Waals surface area contributed by atoms with Crippen molar-refractivity contribution < 1.29 is 16.8 Å². The zero-order valence-electron chi connectivity index (χ0n) is 12.1. The summed E-state index contributed by atoms with van der Waals surface area (Å²) in [6.45, 7) is 2.59. The molecule has 1 aliphatic rings. The molecule has 0 amide bonds. The van der Waals surface area contributed by atoms with Crippen LogP contribution in [0.15, 0.2) is 29.2 Å². The zero-order valence-corrected chi connectivity index (χ0v) is 13.7. The lowest BCUT2D eigenvalue weighted by molar-refractivity contribution is 0.310. The summed E-state index contributed by atoms with van der Waals surface area (Å²) < 4.78 is 51.4. The lowest BCUT2D eigenvalue weighted by Crippen LogP contribution is -2.46. The van der Waals surface area contributed by atoms with Crippen LogP contribution in [-0.4, -0.2) is 46.5 Å². The van der Waals surface area contributed by atoms with E-state index in [0.717, 1.165) is 5.56 Å². The molecule has 6 nitrogen and oxygen atoms in total. The number of sulfonamides is 2. The molecule has 21 heavy (non-hydrogen) atoms. The van der Waals surface area contributed by atoms with Gasteiger partial charge in [-0.3, -0.25) is 0 Å². The molecule has 0 radical (unpaired) electrons. The monoisotopic (exact) mass is 332 g/mol. The number of benzene rings is 1. The second-order valence-electron chi connectivity index (χ2n) is 5.37. The molecular formula is C13H20N2O4S2. The van der Waals surface area contributed by atoms with E-state index in [2.05, 4.69) is 4.72 Å². The van der Waals surface area contributed by atoms with Crippen molar-refractivity contribution >= 4 is 20.0 Å². The van der Waals surface area contributed by atoms with Crippen molar-refractivity contribution in [3.63, 3.8) is 0 Å². The second-order valence-corrected chi connectivity index (χ2v) is 9.07. The topological polar surface area (TPSA) is 83.6 Å². The Labute approximate surface area is 126 Å². The minimum absolute atomic E-state index is 0.227. The predicted molar refractivity (Wildman–Crippen MR) is 80.9 cm³/mol. The van der Waals surface area contributed by atoms with Crippen LogP contribution in [0.3, 0.4) is 0 Å². The molecule has 0 unspecified atom stereocenters. The van der Waals surface area contributed by atoms with Gasteiger partial charge in [0, 0.05) is 19.1 Å². The summed E-state index contributed by atoms with van der Waals surface area (Å²) in [5.74, 6) is 0. The van der Waals surface area contributed by atoms with E-state index in [1.165, 1.54) is 10.6 Å². The van der Waals surface area contributed by atoms with Crippen LogP contribution < -0.4 is 4.72 Å². The highest BCUT2D eigenvalue weighted by atomic mass is 32.2. The third kappa shape index (κ3) is 4.26. The third-order valence-corrected chi connectivity index (χ3v) is 6.42. The predicted octanol–water partition coefficient (Wildman–Crippen LogP) is 0.697. The number of aryl methyl sites for hydroxylation is 1. The Bertz CT molecular complexity index is 688. The fourth-order valence-corrected chi connectivity index (χ4v) is 4.49. The van der Waals surface area contributed by atoms with Gasteiger partial charge in [-0.15, -0.1) is 0 Å². The maximum absolute atomic E-state index is 12.2. The van der Waals surface area contributed by atoms with Crippen molar-refractivity contribution in [2.45, 2.75) is 30.7 Å². The van der Waals surface area contributed by atoms with E-state index in [0.29, 0.717) is 25.9 Å². The summed E-state index contributed by atoms with van der Waals surface area (Å²) >= 11 is 0. The van der Waals surface area contributed by atoms with Crippen LogP contribution in [0.4, 0.5) is 0 Å². The van der Waals surface area contributed by atoms with Crippen LogP contribution in [0.2, 0.25) is 0 Å². The van der Waals surface area contributed by atoms with E-state index in [1.807, 2.05) is 6.92 Å². The highest BCUT2D eigenvalue weighted by Gasteiger charge is 2.27. The van der Waals surface area contributed by atoms with Crippen LogP contribution in [0.1, 0.15) is 18.4 Å². The SMILES string of the molecule is Cc1ccc(S(=O)(=O)NC2CCN(S(C)(=O)=O)CC2)cc1. The Balaban J connectivity index is 2.01. The van der Waals surface area contributed by atoms with Crippen molar-refractivity contribution in [3.8, 4) is 0 Å². The summed E-state index contributed by atoms with van der Waals surface area (Å²) in [4.78, 5) is 0.235. The summed E-state index contributed by atoms with van der Waals surface area (Å²) in [5, 5.41) is 0. The highest BCUT2D eigenvalue weighted by Crippen LogP contribution is 2.17. The van der Waals surface area contributed by atoms with Gasteiger partial charge in [0.1, 0.15) is 0 Å². The van der Waals surface area contributed by atoms with Crippen molar-refractivity contribution in [1.29, 1.82) is 0 Å². The Hall–Kier alpha value is -0.960. The standard InChI is InChI=1S/C13H20N2O4S2/c1-11-3-5-13(6-4-11)21(18,19)14-12-7-9-15(10-8-12)20(2,16)17/h3-6,12,14H,7-10H2,1-2H3. The molecule has 1 N–H and O–H groups in total. The molecule has 0 aromatic heterocycles. The summed E-state index contributed by atoms with van der Waals surface area (Å²) in [7, 11) is -6.74. The van der Waals surface area contributed by atoms with Gasteiger partial charge in [0.2, 0.25) is 20.0 Å². The van der Waals surface area contributed by atoms with Gasteiger partial charge in [0.15, 0.2) is 0 Å². The Morgan fingerprint density at radius 2 is 1.57 bits per heavy atom. The van der Waals surface area contributed by atoms with Crippen LogP contribution in [0, 0.1) is 6.92 Å². The molecule has 1 fully saturated rings. The highest BCUT2D eigenvalue weighted by molar-refractivity contribution is 7.89. The molecule has 0 spiro atoms. The molecule has 0 bridgehead atoms. The molecule has 0 atom stereocenters. The van der Waals surface area contributed by atoms with Crippen LogP contribution >= 0.6 is 0 Å². The maximum atomic E-state index is 12.2. The first kappa shape index (κ1) is 16.4. The summed E-state index contributed by atoms with van der Waals surface area (Å²) in [6.07, 6.45) is 2.14. The third-order valence-electron chi connectivity index (χ3n) is 3.58. The summed E-state index contributed by atoms with van der Waals surface area (Å²) in [5.41, 5.74) is 0.996. The number of nitrogens with zero attached hydrogens (tertiary/aromatic N) is 1. The van der Waals surface area contributed by atoms with Crippen molar-refractivity contribution in [3.05, 3.63) is 29.8 Å². The minimum Gasteiger partial charge on any atom is -0.213 e. The van der Waals surface area contributed by atoms with E-state index in [4.69, 9.17) is 0 Å². The van der Waals surface area contributed by atoms with Gasteiger partial charge >= 0.3 is 0 Å². The van der Waals surface area contributed by atoms with Crippen molar-refractivity contribution in [1.82, 2.24) is 9.03 Å². The molecule has 118 valence electrons. The van der Waals surface area contributed by atoms with Gasteiger partial charge in [-0.05, 0) is 31.9 Å². The quantitative estimate of drug-likeness (QED) is 0.879. The smallest absolute Gasteiger partial charge is 0.213 e. The Morgan fingerprint density at radius 1 is 1.05 bits per heavy atom. The minimum atomic E-state index is -3.55. The van der Waals surface area contributed by atoms with Gasteiger partial charge in [0.05, 0.1) is 11.2 Å². The van der Waals surface area contributed by atoms with E-state index in [1.54, 1.807) is 24.3 Å². The molecule has 1 aliphatic heterocycles. The van der Waals surface area contributed by atoms with Crippen LogP contribution in [-0.2, 0) is 20.0 Å². The van der Waals surface area contributed by atoms with Gasteiger partial charge < -0.3 is 0 Å².